The fourth-order valence-corrected chi connectivity index (χ4v) is 3.08. The first kappa shape index (κ1) is 14.6. The van der Waals surface area contributed by atoms with Crippen LogP contribution in [-0.2, 0) is 0 Å². The fourth-order valence-electron chi connectivity index (χ4n) is 1.82. The standard InChI is InChI=1S/C14H8BrN3O3S/c15-9-3-8(5-16-6-9)12(19)18-14-17-10-2-1-7(13(20)21)4-11(10)22-14/h1-6H,(H,20,21)(H,17,18,19). The van der Waals surface area contributed by atoms with E-state index >= 15 is 0 Å². The van der Waals surface area contributed by atoms with Crippen LogP contribution in [-0.4, -0.2) is 27.0 Å². The van der Waals surface area contributed by atoms with Gasteiger partial charge in [-0.05, 0) is 40.2 Å². The van der Waals surface area contributed by atoms with Gasteiger partial charge in [0.25, 0.3) is 5.91 Å². The van der Waals surface area contributed by atoms with Crippen molar-refractivity contribution in [2.75, 3.05) is 5.32 Å². The second kappa shape index (κ2) is 5.82. The second-order valence-electron chi connectivity index (χ2n) is 4.35. The Labute approximate surface area is 137 Å². The minimum atomic E-state index is -0.999. The molecule has 0 aliphatic rings. The average Bonchev–Trinajstić information content (AvgIpc) is 2.88. The highest BCUT2D eigenvalue weighted by molar-refractivity contribution is 9.10. The van der Waals surface area contributed by atoms with E-state index in [0.29, 0.717) is 25.4 Å². The third kappa shape index (κ3) is 2.97. The summed E-state index contributed by atoms with van der Waals surface area (Å²) >= 11 is 4.47. The van der Waals surface area contributed by atoms with Gasteiger partial charge >= 0.3 is 5.97 Å². The van der Waals surface area contributed by atoms with E-state index in [9.17, 15) is 9.59 Å². The van der Waals surface area contributed by atoms with Crippen molar-refractivity contribution in [1.29, 1.82) is 0 Å². The number of carbonyl (C=O) groups is 2. The summed E-state index contributed by atoms with van der Waals surface area (Å²) in [6.07, 6.45) is 3.04. The van der Waals surface area contributed by atoms with Crippen molar-refractivity contribution in [2.45, 2.75) is 0 Å². The van der Waals surface area contributed by atoms with E-state index in [1.807, 2.05) is 0 Å². The van der Waals surface area contributed by atoms with Gasteiger partial charge in [0, 0.05) is 16.9 Å². The molecule has 2 N–H and O–H groups in total. The molecule has 0 spiro atoms. The first-order valence-corrected chi connectivity index (χ1v) is 7.69. The number of pyridine rings is 1. The maximum absolute atomic E-state index is 12.1. The molecule has 22 heavy (non-hydrogen) atoms. The Bertz CT molecular complexity index is 894. The van der Waals surface area contributed by atoms with Gasteiger partial charge in [-0.15, -0.1) is 0 Å². The lowest BCUT2D eigenvalue weighted by Crippen LogP contribution is -2.11. The Hall–Kier alpha value is -2.32. The summed E-state index contributed by atoms with van der Waals surface area (Å²) in [5.41, 5.74) is 1.22. The van der Waals surface area contributed by atoms with Gasteiger partial charge in [-0.1, -0.05) is 11.3 Å². The number of hydrogen-bond acceptors (Lipinski definition) is 5. The maximum atomic E-state index is 12.1. The molecule has 2 aromatic heterocycles. The third-order valence-electron chi connectivity index (χ3n) is 2.82. The third-order valence-corrected chi connectivity index (χ3v) is 4.19. The fraction of sp³-hybridized carbons (Fsp3) is 0. The summed E-state index contributed by atoms with van der Waals surface area (Å²) in [6.45, 7) is 0. The predicted molar refractivity (Wildman–Crippen MR) is 86.5 cm³/mol. The van der Waals surface area contributed by atoms with Crippen LogP contribution in [0, 0.1) is 0 Å². The Kier molecular flexibility index (Phi) is 3.86. The molecular weight excluding hydrogens is 370 g/mol. The van der Waals surface area contributed by atoms with Crippen molar-refractivity contribution in [2.24, 2.45) is 0 Å². The average molecular weight is 378 g/mol. The van der Waals surface area contributed by atoms with Crippen LogP contribution >= 0.6 is 27.3 Å². The number of nitrogens with one attached hydrogen (secondary N) is 1. The molecule has 0 radical (unpaired) electrons. The van der Waals surface area contributed by atoms with Crippen molar-refractivity contribution < 1.29 is 14.7 Å². The molecule has 0 atom stereocenters. The van der Waals surface area contributed by atoms with E-state index in [-0.39, 0.29) is 11.5 Å². The highest BCUT2D eigenvalue weighted by atomic mass is 79.9. The lowest BCUT2D eigenvalue weighted by molar-refractivity contribution is 0.0697. The quantitative estimate of drug-likeness (QED) is 0.729. The molecule has 1 aromatic carbocycles. The van der Waals surface area contributed by atoms with Crippen LogP contribution in [0.3, 0.4) is 0 Å². The van der Waals surface area contributed by atoms with Crippen LogP contribution in [0.15, 0.2) is 41.1 Å². The summed E-state index contributed by atoms with van der Waals surface area (Å²) < 4.78 is 1.40. The van der Waals surface area contributed by atoms with Gasteiger partial charge in [0.05, 0.1) is 21.3 Å². The lowest BCUT2D eigenvalue weighted by Gasteiger charge is -2.00. The second-order valence-corrected chi connectivity index (χ2v) is 6.30. The SMILES string of the molecule is O=C(O)c1ccc2nc(NC(=O)c3cncc(Br)c3)sc2c1. The molecule has 3 aromatic rings. The van der Waals surface area contributed by atoms with E-state index in [1.54, 1.807) is 18.3 Å². The summed E-state index contributed by atoms with van der Waals surface area (Å²) in [4.78, 5) is 31.3. The molecule has 110 valence electrons. The minimum Gasteiger partial charge on any atom is -0.478 e. The zero-order chi connectivity index (χ0) is 15.7. The molecule has 0 fully saturated rings. The number of hydrogen-bond donors (Lipinski definition) is 2. The Morgan fingerprint density at radius 1 is 1.18 bits per heavy atom. The van der Waals surface area contributed by atoms with E-state index in [1.165, 1.54) is 29.7 Å². The van der Waals surface area contributed by atoms with Gasteiger partial charge in [-0.3, -0.25) is 15.1 Å². The maximum Gasteiger partial charge on any atom is 0.335 e. The van der Waals surface area contributed by atoms with Crippen LogP contribution in [0.5, 0.6) is 0 Å². The molecule has 0 unspecified atom stereocenters. The minimum absolute atomic E-state index is 0.185. The number of fused-ring (bicyclic) bond motifs is 1. The van der Waals surface area contributed by atoms with Crippen LogP contribution in [0.25, 0.3) is 10.2 Å². The molecule has 6 nitrogen and oxygen atoms in total. The molecule has 3 rings (SSSR count). The monoisotopic (exact) mass is 377 g/mol. The molecule has 0 saturated carbocycles. The van der Waals surface area contributed by atoms with Gasteiger partial charge in [-0.2, -0.15) is 0 Å². The van der Waals surface area contributed by atoms with Gasteiger partial charge < -0.3 is 5.11 Å². The molecule has 0 aliphatic carbocycles. The zero-order valence-electron chi connectivity index (χ0n) is 10.9. The van der Waals surface area contributed by atoms with Gasteiger partial charge in [0.1, 0.15) is 0 Å². The topological polar surface area (TPSA) is 92.2 Å². The molecule has 8 heteroatoms. The lowest BCUT2D eigenvalue weighted by atomic mass is 10.2. The van der Waals surface area contributed by atoms with Crippen molar-refractivity contribution in [1.82, 2.24) is 9.97 Å². The van der Waals surface area contributed by atoms with Crippen LogP contribution < -0.4 is 5.32 Å². The van der Waals surface area contributed by atoms with Crippen LogP contribution in [0.2, 0.25) is 0 Å². The van der Waals surface area contributed by atoms with Crippen LogP contribution in [0.1, 0.15) is 20.7 Å². The number of carbonyl (C=O) groups excluding carboxylic acids is 1. The first-order chi connectivity index (χ1) is 10.5. The zero-order valence-corrected chi connectivity index (χ0v) is 13.3. The van der Waals surface area contributed by atoms with Crippen molar-refractivity contribution in [3.05, 3.63) is 52.3 Å². The number of nitrogens with zero attached hydrogens (tertiary/aromatic N) is 2. The Morgan fingerprint density at radius 3 is 2.73 bits per heavy atom. The largest absolute Gasteiger partial charge is 0.478 e. The highest BCUT2D eigenvalue weighted by Gasteiger charge is 2.12. The number of amides is 1. The van der Waals surface area contributed by atoms with E-state index in [0.717, 1.165) is 0 Å². The number of rotatable bonds is 3. The van der Waals surface area contributed by atoms with Crippen molar-refractivity contribution in [3.63, 3.8) is 0 Å². The summed E-state index contributed by atoms with van der Waals surface area (Å²) in [6, 6.07) is 6.28. The number of halogens is 1. The van der Waals surface area contributed by atoms with Gasteiger partial charge in [0.15, 0.2) is 5.13 Å². The molecule has 0 saturated heterocycles. The highest BCUT2D eigenvalue weighted by Crippen LogP contribution is 2.27. The molecule has 0 bridgehead atoms. The molecular formula is C14H8BrN3O3S. The van der Waals surface area contributed by atoms with E-state index < -0.39 is 5.97 Å². The number of benzene rings is 1. The number of anilines is 1. The summed E-state index contributed by atoms with van der Waals surface area (Å²) in [5, 5.41) is 12.1. The van der Waals surface area contributed by atoms with Crippen molar-refractivity contribution >= 4 is 54.5 Å². The number of aromatic nitrogens is 2. The normalized spacial score (nSPS) is 10.6. The number of carboxylic acid groups (broad SMARTS) is 1. The Balaban J connectivity index is 1.87. The molecule has 2 heterocycles. The van der Waals surface area contributed by atoms with E-state index in [4.69, 9.17) is 5.11 Å². The summed E-state index contributed by atoms with van der Waals surface area (Å²) in [7, 11) is 0. The molecule has 1 amide bonds. The number of aromatic carboxylic acids is 1. The number of thiazole rings is 1. The smallest absolute Gasteiger partial charge is 0.335 e. The molecule has 0 aliphatic heterocycles. The van der Waals surface area contributed by atoms with Crippen LogP contribution in [0.4, 0.5) is 5.13 Å². The van der Waals surface area contributed by atoms with Gasteiger partial charge in [0.2, 0.25) is 0 Å². The first-order valence-electron chi connectivity index (χ1n) is 6.09. The summed E-state index contributed by atoms with van der Waals surface area (Å²) in [5.74, 6) is -1.33. The van der Waals surface area contributed by atoms with E-state index in [2.05, 4.69) is 31.2 Å². The van der Waals surface area contributed by atoms with Gasteiger partial charge in [-0.25, -0.2) is 9.78 Å². The predicted octanol–water partition coefficient (Wildman–Crippen LogP) is 3.40. The number of carboxylic acids is 1. The Morgan fingerprint density at radius 2 is 2.00 bits per heavy atom. The van der Waals surface area contributed by atoms with Crippen molar-refractivity contribution in [3.8, 4) is 0 Å².